The Bertz CT molecular complexity index is 745. The molecule has 0 radical (unpaired) electrons. The minimum absolute atomic E-state index is 0.0791. The number of aldehydes is 1. The van der Waals surface area contributed by atoms with Crippen molar-refractivity contribution >= 4 is 29.8 Å². The van der Waals surface area contributed by atoms with Gasteiger partial charge in [0, 0.05) is 45.8 Å². The zero-order valence-electron chi connectivity index (χ0n) is 14.5. The van der Waals surface area contributed by atoms with Crippen molar-refractivity contribution in [2.24, 2.45) is 0 Å². The van der Waals surface area contributed by atoms with Gasteiger partial charge >= 0.3 is 0 Å². The van der Waals surface area contributed by atoms with Crippen LogP contribution < -0.4 is 15.5 Å². The van der Waals surface area contributed by atoms with Gasteiger partial charge < -0.3 is 20.3 Å². The van der Waals surface area contributed by atoms with Crippen LogP contribution in [0.5, 0.6) is 0 Å². The normalized spacial score (nSPS) is 17.9. The third kappa shape index (κ3) is 3.17. The summed E-state index contributed by atoms with van der Waals surface area (Å²) < 4.78 is 0. The van der Waals surface area contributed by atoms with Crippen LogP contribution in [0.1, 0.15) is 33.6 Å². The van der Waals surface area contributed by atoms with Crippen molar-refractivity contribution in [2.75, 3.05) is 38.1 Å². The van der Waals surface area contributed by atoms with Crippen molar-refractivity contribution in [1.82, 2.24) is 20.5 Å². The van der Waals surface area contributed by atoms with Crippen LogP contribution >= 0.6 is 0 Å². The average molecular weight is 359 g/mol. The molecule has 0 aliphatic carbocycles. The maximum Gasteiger partial charge on any atom is 0.263 e. The predicted molar refractivity (Wildman–Crippen MR) is 93.0 cm³/mol. The van der Waals surface area contributed by atoms with Crippen LogP contribution in [-0.4, -0.2) is 73.2 Å². The van der Waals surface area contributed by atoms with Gasteiger partial charge in [0.15, 0.2) is 0 Å². The summed E-state index contributed by atoms with van der Waals surface area (Å²) in [6.45, 7) is 3.17. The van der Waals surface area contributed by atoms with Crippen molar-refractivity contribution in [3.8, 4) is 0 Å². The van der Waals surface area contributed by atoms with E-state index in [-0.39, 0.29) is 24.0 Å². The van der Waals surface area contributed by atoms with Crippen molar-refractivity contribution < 1.29 is 19.2 Å². The number of hydrogen-bond donors (Lipinski definition) is 2. The molecular weight excluding hydrogens is 338 g/mol. The van der Waals surface area contributed by atoms with Crippen molar-refractivity contribution in [1.29, 1.82) is 0 Å². The molecule has 2 aliphatic heterocycles. The summed E-state index contributed by atoms with van der Waals surface area (Å²) in [4.78, 5) is 55.7. The Kier molecular flexibility index (Phi) is 5.27. The maximum absolute atomic E-state index is 12.8. The number of aromatic nitrogens is 1. The number of carbonyl (C=O) groups is 4. The molecule has 2 N–H and O–H groups in total. The second kappa shape index (κ2) is 7.61. The molecule has 3 rings (SSSR count). The van der Waals surface area contributed by atoms with Gasteiger partial charge in [-0.1, -0.05) is 0 Å². The lowest BCUT2D eigenvalue weighted by molar-refractivity contribution is -0.124. The van der Waals surface area contributed by atoms with Gasteiger partial charge in [0.1, 0.15) is 18.1 Å². The van der Waals surface area contributed by atoms with Crippen LogP contribution in [0.3, 0.4) is 0 Å². The number of rotatable bonds is 6. The third-order valence-electron chi connectivity index (χ3n) is 4.65. The monoisotopic (exact) mass is 359 g/mol. The lowest BCUT2D eigenvalue weighted by atomic mass is 10.1. The minimum Gasteiger partial charge on any atom is -0.357 e. The van der Waals surface area contributed by atoms with Gasteiger partial charge in [0.05, 0.1) is 11.1 Å². The highest BCUT2D eigenvalue weighted by Gasteiger charge is 2.43. The Labute approximate surface area is 150 Å². The van der Waals surface area contributed by atoms with E-state index in [1.807, 2.05) is 4.90 Å². The molecule has 138 valence electrons. The van der Waals surface area contributed by atoms with Gasteiger partial charge in [0.25, 0.3) is 11.8 Å². The maximum atomic E-state index is 12.8. The van der Waals surface area contributed by atoms with E-state index in [1.54, 1.807) is 6.07 Å². The summed E-state index contributed by atoms with van der Waals surface area (Å²) in [5.74, 6) is -0.915. The Morgan fingerprint density at radius 1 is 1.31 bits per heavy atom. The number of nitrogens with one attached hydrogen (secondary N) is 2. The minimum atomic E-state index is -1.01. The molecule has 26 heavy (non-hydrogen) atoms. The summed E-state index contributed by atoms with van der Waals surface area (Å²) in [5.41, 5.74) is 0.437. The van der Waals surface area contributed by atoms with Gasteiger partial charge in [-0.15, -0.1) is 0 Å². The predicted octanol–water partition coefficient (Wildman–Crippen LogP) is -0.819. The fourth-order valence-electron chi connectivity index (χ4n) is 3.26. The fourth-order valence-corrected chi connectivity index (χ4v) is 3.26. The van der Waals surface area contributed by atoms with Crippen LogP contribution in [0.2, 0.25) is 0 Å². The van der Waals surface area contributed by atoms with Crippen LogP contribution in [0.15, 0.2) is 12.3 Å². The molecule has 1 aromatic heterocycles. The van der Waals surface area contributed by atoms with E-state index >= 15 is 0 Å². The first kappa shape index (κ1) is 18.0. The molecule has 0 spiro atoms. The summed E-state index contributed by atoms with van der Waals surface area (Å²) in [6, 6.07) is 0.599. The molecule has 0 aromatic carbocycles. The van der Waals surface area contributed by atoms with Crippen LogP contribution in [0, 0.1) is 0 Å². The SMILES string of the molecule is CNC(=O)C(CCC=O)N1C(=O)c2cnc(N3CCNCC3)cc2C1=O. The molecule has 9 nitrogen and oxygen atoms in total. The van der Waals surface area contributed by atoms with Gasteiger partial charge in [-0.05, 0) is 12.5 Å². The average Bonchev–Trinajstić information content (AvgIpc) is 2.93. The molecule has 0 bridgehead atoms. The highest BCUT2D eigenvalue weighted by molar-refractivity contribution is 6.23. The van der Waals surface area contributed by atoms with Crippen LogP contribution in [0.4, 0.5) is 5.82 Å². The van der Waals surface area contributed by atoms with E-state index in [2.05, 4.69) is 15.6 Å². The molecule has 1 fully saturated rings. The Morgan fingerprint density at radius 2 is 2.00 bits per heavy atom. The molecule has 3 amide bonds. The number of fused-ring (bicyclic) bond motifs is 1. The molecule has 1 aromatic rings. The van der Waals surface area contributed by atoms with Gasteiger partial charge in [-0.25, -0.2) is 4.98 Å². The molecule has 0 saturated carbocycles. The number of pyridine rings is 1. The van der Waals surface area contributed by atoms with Crippen LogP contribution in [0.25, 0.3) is 0 Å². The first-order chi connectivity index (χ1) is 12.6. The Balaban J connectivity index is 1.90. The van der Waals surface area contributed by atoms with E-state index < -0.39 is 23.8 Å². The molecule has 1 unspecified atom stereocenters. The second-order valence-corrected chi connectivity index (χ2v) is 6.18. The molecule has 1 saturated heterocycles. The number of imide groups is 1. The molecule has 2 aliphatic rings. The molecule has 1 atom stereocenters. The number of anilines is 1. The fraction of sp³-hybridized carbons (Fsp3) is 0.471. The largest absolute Gasteiger partial charge is 0.357 e. The first-order valence-corrected chi connectivity index (χ1v) is 8.57. The van der Waals surface area contributed by atoms with Gasteiger partial charge in [-0.2, -0.15) is 0 Å². The zero-order valence-corrected chi connectivity index (χ0v) is 14.5. The summed E-state index contributed by atoms with van der Waals surface area (Å²) in [6.07, 6.45) is 2.23. The number of likely N-dealkylation sites (N-methyl/N-ethyl adjacent to an activating group) is 1. The second-order valence-electron chi connectivity index (χ2n) is 6.18. The number of amides is 3. The number of piperazine rings is 1. The smallest absolute Gasteiger partial charge is 0.263 e. The quantitative estimate of drug-likeness (QED) is 0.504. The number of hydrogen-bond acceptors (Lipinski definition) is 7. The highest BCUT2D eigenvalue weighted by Crippen LogP contribution is 2.28. The third-order valence-corrected chi connectivity index (χ3v) is 4.65. The van der Waals surface area contributed by atoms with E-state index in [4.69, 9.17) is 0 Å². The Morgan fingerprint density at radius 3 is 2.65 bits per heavy atom. The number of nitrogens with zero attached hydrogens (tertiary/aromatic N) is 3. The van der Waals surface area contributed by atoms with Crippen molar-refractivity contribution in [2.45, 2.75) is 18.9 Å². The molecular formula is C17H21N5O4. The van der Waals surface area contributed by atoms with E-state index in [1.165, 1.54) is 13.2 Å². The molecule has 3 heterocycles. The lowest BCUT2D eigenvalue weighted by Crippen LogP contribution is -2.48. The van der Waals surface area contributed by atoms with E-state index in [0.717, 1.165) is 31.1 Å². The zero-order chi connectivity index (χ0) is 18.7. The van der Waals surface area contributed by atoms with Crippen molar-refractivity contribution in [3.63, 3.8) is 0 Å². The molecule has 9 heteroatoms. The topological polar surface area (TPSA) is 112 Å². The Hall–Kier alpha value is -2.81. The van der Waals surface area contributed by atoms with Gasteiger partial charge in [0.2, 0.25) is 5.91 Å². The van der Waals surface area contributed by atoms with E-state index in [9.17, 15) is 19.2 Å². The highest BCUT2D eigenvalue weighted by atomic mass is 16.2. The summed E-state index contributed by atoms with van der Waals surface area (Å²) in [5, 5.41) is 5.69. The first-order valence-electron chi connectivity index (χ1n) is 8.57. The lowest BCUT2D eigenvalue weighted by Gasteiger charge is -2.28. The standard InChI is InChI=1S/C17H21N5O4/c1-18-15(24)13(3-2-8-23)22-16(25)11-9-14(20-10-12(11)17(22)26)21-6-4-19-5-7-21/h8-10,13,19H,2-7H2,1H3,(H,18,24). The van der Waals surface area contributed by atoms with Gasteiger partial charge in [-0.3, -0.25) is 19.3 Å². The van der Waals surface area contributed by atoms with Crippen LogP contribution in [-0.2, 0) is 9.59 Å². The summed E-state index contributed by atoms with van der Waals surface area (Å²) in [7, 11) is 1.43. The van der Waals surface area contributed by atoms with Crippen molar-refractivity contribution in [3.05, 3.63) is 23.4 Å². The number of carbonyl (C=O) groups excluding carboxylic acids is 4. The van der Waals surface area contributed by atoms with E-state index in [0.29, 0.717) is 12.1 Å². The summed E-state index contributed by atoms with van der Waals surface area (Å²) >= 11 is 0.